The Hall–Kier alpha value is -2.09. The van der Waals surface area contributed by atoms with E-state index in [1.54, 1.807) is 0 Å². The number of carbonyl (C=O) groups excluding carboxylic acids is 1. The largest absolute Gasteiger partial charge is 0.271 e. The van der Waals surface area contributed by atoms with Gasteiger partial charge in [-0.2, -0.15) is 10.3 Å². The molecule has 62 valence electrons. The number of nitriles is 1. The van der Waals surface area contributed by atoms with Crippen LogP contribution >= 0.6 is 0 Å². The summed E-state index contributed by atoms with van der Waals surface area (Å²) in [6.07, 6.45) is 4.36. The van der Waals surface area contributed by atoms with Crippen molar-refractivity contribution in [1.82, 2.24) is 9.97 Å². The monoisotopic (exact) mass is 172 g/mol. The fourth-order valence-corrected chi connectivity index (χ4v) is 1.06. The van der Waals surface area contributed by atoms with E-state index in [9.17, 15) is 4.79 Å². The van der Waals surface area contributed by atoms with Crippen molar-refractivity contribution in [1.29, 1.82) is 5.26 Å². The van der Waals surface area contributed by atoms with E-state index in [-0.39, 0.29) is 0 Å². The van der Waals surface area contributed by atoms with Gasteiger partial charge in [0.15, 0.2) is 5.49 Å². The first-order chi connectivity index (χ1) is 6.31. The summed E-state index contributed by atoms with van der Waals surface area (Å²) in [7, 11) is 0. The second-order valence-electron chi connectivity index (χ2n) is 2.53. The van der Waals surface area contributed by atoms with Gasteiger partial charge in [0, 0.05) is 11.4 Å². The maximum atomic E-state index is 11.1. The van der Waals surface area contributed by atoms with Gasteiger partial charge in [-0.15, -0.1) is 0 Å². The maximum Gasteiger partial charge on any atom is 0.268 e. The molecule has 1 atom stereocenters. The maximum absolute atomic E-state index is 11.1. The van der Waals surface area contributed by atoms with E-state index in [4.69, 9.17) is 5.26 Å². The van der Waals surface area contributed by atoms with Crippen LogP contribution in [0.4, 0.5) is 0 Å². The number of nitrogens with zero attached hydrogens (tertiary/aromatic N) is 4. The van der Waals surface area contributed by atoms with Crippen molar-refractivity contribution in [2.45, 2.75) is 0 Å². The van der Waals surface area contributed by atoms with Crippen LogP contribution in [0.2, 0.25) is 0 Å². The van der Waals surface area contributed by atoms with Gasteiger partial charge in [-0.05, 0) is 6.08 Å². The molecule has 0 N–H and O–H groups in total. The molecule has 0 aliphatic carbocycles. The zero-order valence-corrected chi connectivity index (χ0v) is 6.51. The van der Waals surface area contributed by atoms with Crippen molar-refractivity contribution in [3.05, 3.63) is 23.2 Å². The highest BCUT2D eigenvalue weighted by atomic mass is 16.1. The van der Waals surface area contributed by atoms with E-state index in [1.165, 1.54) is 18.6 Å². The molecule has 13 heavy (non-hydrogen) atoms. The van der Waals surface area contributed by atoms with Crippen LogP contribution in [0.1, 0.15) is 0 Å². The summed E-state index contributed by atoms with van der Waals surface area (Å²) in [4.78, 5) is 22.3. The average molecular weight is 172 g/mol. The highest BCUT2D eigenvalue weighted by Crippen LogP contribution is 2.00. The fourth-order valence-electron chi connectivity index (χ4n) is 1.06. The fraction of sp³-hybridized carbons (Fsp3) is 0.125. The standard InChI is InChI=1S/C8H4N4O/c9-2-5-1-6-3-10-4-11-7(6)12-8(5)13/h1,3-5H. The Morgan fingerprint density at radius 3 is 3.15 bits per heavy atom. The molecule has 0 spiro atoms. The molecular formula is C8H4N4O. The quantitative estimate of drug-likeness (QED) is 0.480. The van der Waals surface area contributed by atoms with Crippen molar-refractivity contribution >= 4 is 12.0 Å². The van der Waals surface area contributed by atoms with Gasteiger partial charge < -0.3 is 0 Å². The lowest BCUT2D eigenvalue weighted by molar-refractivity contribution is -0.119. The molecule has 5 heteroatoms. The summed E-state index contributed by atoms with van der Waals surface area (Å²) in [6.45, 7) is 0. The molecule has 1 aromatic rings. The van der Waals surface area contributed by atoms with Crippen molar-refractivity contribution in [3.63, 3.8) is 0 Å². The predicted molar refractivity (Wildman–Crippen MR) is 41.4 cm³/mol. The van der Waals surface area contributed by atoms with Crippen LogP contribution in [0.3, 0.4) is 0 Å². The van der Waals surface area contributed by atoms with Crippen molar-refractivity contribution in [2.24, 2.45) is 10.9 Å². The van der Waals surface area contributed by atoms with Crippen LogP contribution in [-0.4, -0.2) is 15.9 Å². The van der Waals surface area contributed by atoms with Gasteiger partial charge in [0.05, 0.1) is 6.07 Å². The molecular weight excluding hydrogens is 168 g/mol. The highest BCUT2D eigenvalue weighted by Gasteiger charge is 2.17. The zero-order chi connectivity index (χ0) is 9.26. The molecule has 2 rings (SSSR count). The second kappa shape index (κ2) is 2.75. The molecule has 1 aliphatic heterocycles. The Labute approximate surface area is 73.1 Å². The molecule has 0 aromatic carbocycles. The Morgan fingerprint density at radius 2 is 2.38 bits per heavy atom. The Morgan fingerprint density at radius 1 is 1.54 bits per heavy atom. The van der Waals surface area contributed by atoms with E-state index in [2.05, 4.69) is 15.0 Å². The minimum absolute atomic E-state index is 0.339. The molecule has 0 radical (unpaired) electrons. The molecule has 0 saturated carbocycles. The first-order valence-electron chi connectivity index (χ1n) is 3.61. The summed E-state index contributed by atoms with van der Waals surface area (Å²) >= 11 is 0. The van der Waals surface area contributed by atoms with Crippen molar-refractivity contribution in [2.75, 3.05) is 0 Å². The highest BCUT2D eigenvalue weighted by molar-refractivity contribution is 5.88. The van der Waals surface area contributed by atoms with Crippen LogP contribution < -0.4 is 10.7 Å². The molecule has 0 saturated heterocycles. The first kappa shape index (κ1) is 7.55. The molecule has 1 aliphatic rings. The third-order valence-corrected chi connectivity index (χ3v) is 1.69. The number of aromatic nitrogens is 2. The van der Waals surface area contributed by atoms with E-state index in [1.807, 2.05) is 6.07 Å². The van der Waals surface area contributed by atoms with Gasteiger partial charge in [-0.25, -0.2) is 9.97 Å². The number of fused-ring (bicyclic) bond motifs is 1. The van der Waals surface area contributed by atoms with Crippen molar-refractivity contribution < 1.29 is 4.79 Å². The number of rotatable bonds is 0. The van der Waals surface area contributed by atoms with Crippen LogP contribution in [0.5, 0.6) is 0 Å². The van der Waals surface area contributed by atoms with E-state index < -0.39 is 11.8 Å². The number of carbonyl (C=O) groups is 1. The molecule has 1 unspecified atom stereocenters. The summed E-state index contributed by atoms with van der Waals surface area (Å²) in [5.74, 6) is -1.26. The lowest BCUT2D eigenvalue weighted by atomic mass is 10.1. The van der Waals surface area contributed by atoms with Gasteiger partial charge >= 0.3 is 0 Å². The number of hydrogen-bond acceptors (Lipinski definition) is 4. The van der Waals surface area contributed by atoms with Gasteiger partial charge in [-0.1, -0.05) is 0 Å². The zero-order valence-electron chi connectivity index (χ0n) is 6.51. The Kier molecular flexibility index (Phi) is 1.60. The third-order valence-electron chi connectivity index (χ3n) is 1.69. The summed E-state index contributed by atoms with van der Waals surface area (Å²) in [5, 5.41) is 9.22. The lowest BCUT2D eigenvalue weighted by Crippen LogP contribution is -2.35. The Balaban J connectivity index is 2.75. The van der Waals surface area contributed by atoms with Gasteiger partial charge in [0.1, 0.15) is 12.2 Å². The second-order valence-corrected chi connectivity index (χ2v) is 2.53. The minimum atomic E-state index is -0.793. The van der Waals surface area contributed by atoms with E-state index in [0.717, 1.165) is 0 Å². The predicted octanol–water partition coefficient (Wildman–Crippen LogP) is -1.44. The Bertz CT molecular complexity index is 514. The van der Waals surface area contributed by atoms with Crippen LogP contribution in [0.15, 0.2) is 17.5 Å². The molecule has 5 nitrogen and oxygen atoms in total. The third kappa shape index (κ3) is 1.18. The average Bonchev–Trinajstić information content (AvgIpc) is 2.17. The van der Waals surface area contributed by atoms with Crippen LogP contribution in [0, 0.1) is 17.2 Å². The van der Waals surface area contributed by atoms with Crippen molar-refractivity contribution in [3.8, 4) is 6.07 Å². The molecule has 1 amide bonds. The van der Waals surface area contributed by atoms with Gasteiger partial charge in [0.2, 0.25) is 0 Å². The van der Waals surface area contributed by atoms with E-state index in [0.29, 0.717) is 10.7 Å². The van der Waals surface area contributed by atoms with Crippen LogP contribution in [0.25, 0.3) is 6.08 Å². The normalized spacial score (nSPS) is 19.3. The molecule has 0 bridgehead atoms. The number of amides is 1. The van der Waals surface area contributed by atoms with Gasteiger partial charge in [-0.3, -0.25) is 4.79 Å². The van der Waals surface area contributed by atoms with Gasteiger partial charge in [0.25, 0.3) is 5.91 Å². The lowest BCUT2D eigenvalue weighted by Gasteiger charge is -2.01. The summed E-state index contributed by atoms with van der Waals surface area (Å²) < 4.78 is 0. The smallest absolute Gasteiger partial charge is 0.268 e. The topological polar surface area (TPSA) is 79.0 Å². The summed E-state index contributed by atoms with van der Waals surface area (Å²) in [6, 6.07) is 1.84. The van der Waals surface area contributed by atoms with E-state index >= 15 is 0 Å². The SMILES string of the molecule is N#CC1C=c2cncnc2=NC1=O. The molecule has 2 heterocycles. The number of hydrogen-bond donors (Lipinski definition) is 0. The minimum Gasteiger partial charge on any atom is -0.271 e. The first-order valence-corrected chi connectivity index (χ1v) is 3.61. The summed E-state index contributed by atoms with van der Waals surface area (Å²) in [5.41, 5.74) is 0.339. The molecule has 0 fully saturated rings. The van der Waals surface area contributed by atoms with Crippen LogP contribution in [-0.2, 0) is 4.79 Å². The molecule has 1 aromatic heterocycles.